The second kappa shape index (κ2) is 3.89. The summed E-state index contributed by atoms with van der Waals surface area (Å²) in [5, 5.41) is 4.08. The molecule has 0 saturated carbocycles. The number of nitrogens with zero attached hydrogens (tertiary/aromatic N) is 2. The molecule has 0 amide bonds. The molecule has 1 aliphatic heterocycles. The molecule has 1 N–H and O–H groups in total. The topological polar surface area (TPSA) is 39.1 Å². The third-order valence-electron chi connectivity index (χ3n) is 1.86. The minimum Gasteiger partial charge on any atom is -0.301 e. The van der Waals surface area contributed by atoms with Crippen LogP contribution in [0.2, 0.25) is 0 Å². The van der Waals surface area contributed by atoms with Crippen LogP contribution in [-0.4, -0.2) is 16.4 Å². The summed E-state index contributed by atoms with van der Waals surface area (Å²) < 4.78 is 1.80. The van der Waals surface area contributed by atoms with Crippen molar-refractivity contribution in [1.82, 2.24) is 15.3 Å². The average Bonchev–Trinajstić information content (AvgIpc) is 2.55. The lowest BCUT2D eigenvalue weighted by molar-refractivity contribution is 0.0883. The van der Waals surface area contributed by atoms with Crippen LogP contribution in [0.4, 0.5) is 0 Å². The summed E-state index contributed by atoms with van der Waals surface area (Å²) in [6.07, 6.45) is 4.91. The third kappa shape index (κ3) is 1.77. The van der Waals surface area contributed by atoms with Crippen LogP contribution in [0.25, 0.3) is 0 Å². The molecular weight excluding hydrogens is 178 g/mol. The molecule has 12 heavy (non-hydrogen) atoms. The van der Waals surface area contributed by atoms with Crippen LogP contribution in [0, 0.1) is 0 Å². The minimum absolute atomic E-state index is 0. The minimum atomic E-state index is 0. The van der Waals surface area contributed by atoms with Gasteiger partial charge < -0.3 is 4.84 Å². The van der Waals surface area contributed by atoms with Crippen LogP contribution < -0.4 is 5.48 Å². The van der Waals surface area contributed by atoms with Crippen molar-refractivity contribution >= 4 is 12.4 Å². The van der Waals surface area contributed by atoms with E-state index in [2.05, 4.69) is 10.6 Å². The number of aromatic nitrogens is 2. The summed E-state index contributed by atoms with van der Waals surface area (Å²) in [6.45, 7) is 0.791. The zero-order valence-corrected chi connectivity index (χ0v) is 7.67. The maximum Gasteiger partial charge on any atom is 0.0701 e. The van der Waals surface area contributed by atoms with E-state index < -0.39 is 0 Å². The molecular formula is C7H12ClN3O. The second-order valence-electron chi connectivity index (χ2n) is 2.75. The molecule has 1 aromatic heterocycles. The van der Waals surface area contributed by atoms with Gasteiger partial charge in [-0.2, -0.15) is 10.6 Å². The van der Waals surface area contributed by atoms with Crippen LogP contribution in [0.15, 0.2) is 12.4 Å². The Balaban J connectivity index is 0.000000720. The molecule has 1 fully saturated rings. The molecule has 1 aliphatic rings. The standard InChI is InChI=1S/C7H11N3O.ClH/c1-10-5-6(4-8-10)7-2-3-11-9-7;/h4-5,7,9H,2-3H2,1H3;1H/t7-;/m0./s1. The molecule has 0 aromatic carbocycles. The van der Waals surface area contributed by atoms with Gasteiger partial charge in [0, 0.05) is 18.8 Å². The van der Waals surface area contributed by atoms with Crippen molar-refractivity contribution in [2.24, 2.45) is 7.05 Å². The van der Waals surface area contributed by atoms with Gasteiger partial charge in [0.1, 0.15) is 0 Å². The Hall–Kier alpha value is -0.580. The molecule has 0 aliphatic carbocycles. The first kappa shape index (κ1) is 9.51. The van der Waals surface area contributed by atoms with Crippen molar-refractivity contribution in [2.45, 2.75) is 12.5 Å². The highest BCUT2D eigenvalue weighted by Gasteiger charge is 2.17. The van der Waals surface area contributed by atoms with Crippen molar-refractivity contribution in [3.8, 4) is 0 Å². The lowest BCUT2D eigenvalue weighted by atomic mass is 10.1. The molecule has 0 bridgehead atoms. The molecule has 2 heterocycles. The van der Waals surface area contributed by atoms with E-state index in [1.54, 1.807) is 4.68 Å². The zero-order chi connectivity index (χ0) is 7.68. The van der Waals surface area contributed by atoms with Crippen molar-refractivity contribution in [3.63, 3.8) is 0 Å². The molecule has 5 heteroatoms. The van der Waals surface area contributed by atoms with Crippen LogP contribution in [0.5, 0.6) is 0 Å². The van der Waals surface area contributed by atoms with Gasteiger partial charge in [0.05, 0.1) is 18.8 Å². The Morgan fingerprint density at radius 3 is 3.08 bits per heavy atom. The van der Waals surface area contributed by atoms with Gasteiger partial charge in [0.25, 0.3) is 0 Å². The van der Waals surface area contributed by atoms with Crippen molar-refractivity contribution in [2.75, 3.05) is 6.61 Å². The van der Waals surface area contributed by atoms with E-state index in [0.29, 0.717) is 6.04 Å². The predicted molar refractivity (Wildman–Crippen MR) is 46.9 cm³/mol. The number of nitrogens with one attached hydrogen (secondary N) is 1. The molecule has 2 rings (SSSR count). The summed E-state index contributed by atoms with van der Waals surface area (Å²) >= 11 is 0. The summed E-state index contributed by atoms with van der Waals surface area (Å²) in [5.74, 6) is 0. The Kier molecular flexibility index (Phi) is 3.08. The fraction of sp³-hybridized carbons (Fsp3) is 0.571. The normalized spacial score (nSPS) is 22.2. The number of rotatable bonds is 1. The largest absolute Gasteiger partial charge is 0.301 e. The summed E-state index contributed by atoms with van der Waals surface area (Å²) in [6, 6.07) is 0.337. The number of halogens is 1. The van der Waals surface area contributed by atoms with Gasteiger partial charge in [-0.3, -0.25) is 4.68 Å². The number of hydrogen-bond donors (Lipinski definition) is 1. The van der Waals surface area contributed by atoms with Crippen LogP contribution in [-0.2, 0) is 11.9 Å². The van der Waals surface area contributed by atoms with E-state index in [1.807, 2.05) is 19.4 Å². The van der Waals surface area contributed by atoms with Crippen molar-refractivity contribution in [1.29, 1.82) is 0 Å². The van der Waals surface area contributed by atoms with Gasteiger partial charge in [-0.1, -0.05) is 0 Å². The van der Waals surface area contributed by atoms with Gasteiger partial charge in [0.2, 0.25) is 0 Å². The maximum absolute atomic E-state index is 5.03. The highest BCUT2D eigenvalue weighted by Crippen LogP contribution is 2.19. The van der Waals surface area contributed by atoms with Gasteiger partial charge in [0.15, 0.2) is 0 Å². The van der Waals surface area contributed by atoms with Crippen molar-refractivity contribution in [3.05, 3.63) is 18.0 Å². The molecule has 0 unspecified atom stereocenters. The first-order valence-corrected chi connectivity index (χ1v) is 3.72. The highest BCUT2D eigenvalue weighted by molar-refractivity contribution is 5.85. The van der Waals surface area contributed by atoms with E-state index >= 15 is 0 Å². The molecule has 4 nitrogen and oxygen atoms in total. The number of aryl methyl sites for hydroxylation is 1. The summed E-state index contributed by atoms with van der Waals surface area (Å²) in [5.41, 5.74) is 4.13. The van der Waals surface area contributed by atoms with Gasteiger partial charge in [-0.25, -0.2) is 0 Å². The smallest absolute Gasteiger partial charge is 0.0701 e. The molecule has 1 saturated heterocycles. The molecule has 0 radical (unpaired) electrons. The Morgan fingerprint density at radius 1 is 1.75 bits per heavy atom. The van der Waals surface area contributed by atoms with Gasteiger partial charge in [-0.15, -0.1) is 12.4 Å². The lowest BCUT2D eigenvalue weighted by Gasteiger charge is -2.02. The number of hydroxylamine groups is 1. The van der Waals surface area contributed by atoms with E-state index in [0.717, 1.165) is 13.0 Å². The quantitative estimate of drug-likeness (QED) is 0.711. The summed E-state index contributed by atoms with van der Waals surface area (Å²) in [7, 11) is 1.92. The SMILES string of the molecule is Cl.Cn1cc([C@@H]2CCON2)cn1. The third-order valence-corrected chi connectivity index (χ3v) is 1.86. The fourth-order valence-corrected chi connectivity index (χ4v) is 1.25. The van der Waals surface area contributed by atoms with E-state index in [-0.39, 0.29) is 12.4 Å². The number of hydrogen-bond acceptors (Lipinski definition) is 3. The highest BCUT2D eigenvalue weighted by atomic mass is 35.5. The Morgan fingerprint density at radius 2 is 2.58 bits per heavy atom. The van der Waals surface area contributed by atoms with Gasteiger partial charge in [-0.05, 0) is 6.42 Å². The molecule has 68 valence electrons. The average molecular weight is 190 g/mol. The van der Waals surface area contributed by atoms with E-state index in [1.165, 1.54) is 5.56 Å². The van der Waals surface area contributed by atoms with Crippen LogP contribution >= 0.6 is 12.4 Å². The fourth-order valence-electron chi connectivity index (χ4n) is 1.25. The Bertz CT molecular complexity index is 245. The lowest BCUT2D eigenvalue weighted by Crippen LogP contribution is -2.10. The van der Waals surface area contributed by atoms with Crippen molar-refractivity contribution < 1.29 is 4.84 Å². The second-order valence-corrected chi connectivity index (χ2v) is 2.75. The molecule has 1 atom stereocenters. The predicted octanol–water partition coefficient (Wildman–Crippen LogP) is 0.808. The van der Waals surface area contributed by atoms with E-state index in [4.69, 9.17) is 4.84 Å². The molecule has 0 spiro atoms. The summed E-state index contributed by atoms with van der Waals surface area (Å²) in [4.78, 5) is 5.03. The maximum atomic E-state index is 5.03. The zero-order valence-electron chi connectivity index (χ0n) is 6.86. The Labute approximate surface area is 77.3 Å². The molecule has 1 aromatic rings. The van der Waals surface area contributed by atoms with E-state index in [9.17, 15) is 0 Å². The van der Waals surface area contributed by atoms with Crippen LogP contribution in [0.1, 0.15) is 18.0 Å². The van der Waals surface area contributed by atoms with Gasteiger partial charge >= 0.3 is 0 Å². The first-order valence-electron chi connectivity index (χ1n) is 3.72. The monoisotopic (exact) mass is 189 g/mol. The van der Waals surface area contributed by atoms with Crippen LogP contribution in [0.3, 0.4) is 0 Å². The first-order chi connectivity index (χ1) is 5.36.